The maximum atomic E-state index is 13.5. The van der Waals surface area contributed by atoms with Gasteiger partial charge in [0.2, 0.25) is 0 Å². The molecule has 0 atom stereocenters. The average Bonchev–Trinajstić information content (AvgIpc) is 2.36. The maximum absolute atomic E-state index is 13.5. The van der Waals surface area contributed by atoms with Gasteiger partial charge in [-0.2, -0.15) is 0 Å². The lowest BCUT2D eigenvalue weighted by Gasteiger charge is -2.11. The van der Waals surface area contributed by atoms with Crippen molar-refractivity contribution in [1.82, 2.24) is 0 Å². The molecule has 4 nitrogen and oxygen atoms in total. The summed E-state index contributed by atoms with van der Waals surface area (Å²) in [6, 6.07) is 8.71. The summed E-state index contributed by atoms with van der Waals surface area (Å²) >= 11 is 0. The van der Waals surface area contributed by atoms with E-state index in [4.69, 9.17) is 5.73 Å². The Morgan fingerprint density at radius 1 is 1.05 bits per heavy atom. The van der Waals surface area contributed by atoms with E-state index in [1.807, 2.05) is 0 Å². The lowest BCUT2D eigenvalue weighted by atomic mass is 10.2. The predicted octanol–water partition coefficient (Wildman–Crippen LogP) is 2.83. The molecule has 20 heavy (non-hydrogen) atoms. The molecule has 3 N–H and O–H groups in total. The number of benzene rings is 2. The molecule has 0 aliphatic heterocycles. The van der Waals surface area contributed by atoms with E-state index in [9.17, 15) is 12.8 Å². The molecule has 0 bridgehead atoms. The highest BCUT2D eigenvalue weighted by atomic mass is 32.2. The number of sulfonamides is 1. The summed E-state index contributed by atoms with van der Waals surface area (Å²) in [5.41, 5.74) is 7.59. The molecule has 0 aliphatic rings. The van der Waals surface area contributed by atoms with E-state index in [1.165, 1.54) is 18.2 Å². The molecule has 0 aliphatic carbocycles. The lowest BCUT2D eigenvalue weighted by molar-refractivity contribution is 0.593. The summed E-state index contributed by atoms with van der Waals surface area (Å²) < 4.78 is 40.3. The zero-order chi connectivity index (χ0) is 14.9. The Bertz CT molecular complexity index is 758. The highest BCUT2D eigenvalue weighted by molar-refractivity contribution is 7.92. The van der Waals surface area contributed by atoms with Gasteiger partial charge in [-0.1, -0.05) is 12.1 Å². The standard InChI is InChI=1S/C14H15FN2O2S/c1-9-4-6-12(8-13(9)15)20(18,19)17-14-7-11(16)5-3-10(14)2/h3-8,17H,16H2,1-2H3. The Hall–Kier alpha value is -2.08. The van der Waals surface area contributed by atoms with Crippen molar-refractivity contribution in [2.45, 2.75) is 18.7 Å². The van der Waals surface area contributed by atoms with Crippen molar-refractivity contribution in [3.63, 3.8) is 0 Å². The largest absolute Gasteiger partial charge is 0.399 e. The Morgan fingerprint density at radius 3 is 2.35 bits per heavy atom. The first-order valence-electron chi connectivity index (χ1n) is 5.95. The van der Waals surface area contributed by atoms with E-state index >= 15 is 0 Å². The topological polar surface area (TPSA) is 72.2 Å². The molecular formula is C14H15FN2O2S. The molecule has 0 heterocycles. The third-order valence-corrected chi connectivity index (χ3v) is 4.32. The molecule has 0 fully saturated rings. The average molecular weight is 294 g/mol. The van der Waals surface area contributed by atoms with Crippen LogP contribution in [0.3, 0.4) is 0 Å². The van der Waals surface area contributed by atoms with Crippen molar-refractivity contribution in [2.75, 3.05) is 10.5 Å². The molecule has 0 saturated heterocycles. The summed E-state index contributed by atoms with van der Waals surface area (Å²) in [5, 5.41) is 0. The van der Waals surface area contributed by atoms with Gasteiger partial charge in [0.05, 0.1) is 10.6 Å². The molecule has 0 amide bonds. The minimum atomic E-state index is -3.84. The van der Waals surface area contributed by atoms with Crippen LogP contribution in [0, 0.1) is 19.7 Å². The third-order valence-electron chi connectivity index (χ3n) is 2.96. The van der Waals surface area contributed by atoms with Gasteiger partial charge in [-0.15, -0.1) is 0 Å². The molecule has 0 saturated carbocycles. The van der Waals surface area contributed by atoms with Crippen molar-refractivity contribution < 1.29 is 12.8 Å². The quantitative estimate of drug-likeness (QED) is 0.855. The predicted molar refractivity (Wildman–Crippen MR) is 77.5 cm³/mol. The fraction of sp³-hybridized carbons (Fsp3) is 0.143. The molecule has 0 radical (unpaired) electrons. The van der Waals surface area contributed by atoms with Gasteiger partial charge in [-0.05, 0) is 49.2 Å². The van der Waals surface area contributed by atoms with Gasteiger partial charge in [0, 0.05) is 5.69 Å². The van der Waals surface area contributed by atoms with E-state index < -0.39 is 15.8 Å². The van der Waals surface area contributed by atoms with Crippen molar-refractivity contribution in [3.05, 3.63) is 53.3 Å². The number of anilines is 2. The number of nitrogen functional groups attached to an aromatic ring is 1. The Balaban J connectivity index is 2.40. The minimum Gasteiger partial charge on any atom is -0.399 e. The van der Waals surface area contributed by atoms with E-state index in [0.29, 0.717) is 16.9 Å². The zero-order valence-corrected chi connectivity index (χ0v) is 12.0. The van der Waals surface area contributed by atoms with Gasteiger partial charge >= 0.3 is 0 Å². The third kappa shape index (κ3) is 2.91. The van der Waals surface area contributed by atoms with E-state index in [1.54, 1.807) is 26.0 Å². The van der Waals surface area contributed by atoms with Crippen LogP contribution in [0.4, 0.5) is 15.8 Å². The second kappa shape index (κ2) is 5.13. The van der Waals surface area contributed by atoms with Gasteiger partial charge in [0.15, 0.2) is 0 Å². The first-order valence-corrected chi connectivity index (χ1v) is 7.43. The van der Waals surface area contributed by atoms with E-state index in [0.717, 1.165) is 11.6 Å². The fourth-order valence-corrected chi connectivity index (χ4v) is 2.83. The molecule has 0 spiro atoms. The Labute approximate surface area is 117 Å². The summed E-state index contributed by atoms with van der Waals surface area (Å²) in [7, 11) is -3.84. The number of hydrogen-bond donors (Lipinski definition) is 2. The molecule has 106 valence electrons. The van der Waals surface area contributed by atoms with Gasteiger partial charge in [-0.3, -0.25) is 4.72 Å². The van der Waals surface area contributed by atoms with Crippen LogP contribution < -0.4 is 10.5 Å². The molecule has 2 rings (SSSR count). The lowest BCUT2D eigenvalue weighted by Crippen LogP contribution is -2.14. The second-order valence-electron chi connectivity index (χ2n) is 4.59. The first kappa shape index (κ1) is 14.3. The van der Waals surface area contributed by atoms with E-state index in [-0.39, 0.29) is 4.90 Å². The van der Waals surface area contributed by atoms with Gasteiger partial charge in [-0.25, -0.2) is 12.8 Å². The maximum Gasteiger partial charge on any atom is 0.262 e. The van der Waals surface area contributed by atoms with Crippen LogP contribution in [0.25, 0.3) is 0 Å². The number of hydrogen-bond acceptors (Lipinski definition) is 3. The van der Waals surface area contributed by atoms with Crippen molar-refractivity contribution >= 4 is 21.4 Å². The highest BCUT2D eigenvalue weighted by Gasteiger charge is 2.16. The van der Waals surface area contributed by atoms with Crippen LogP contribution in [0.1, 0.15) is 11.1 Å². The minimum absolute atomic E-state index is 0.123. The first-order chi connectivity index (χ1) is 9.29. The number of halogens is 1. The number of nitrogens with one attached hydrogen (secondary N) is 1. The van der Waals surface area contributed by atoms with Gasteiger partial charge in [0.25, 0.3) is 10.0 Å². The Kier molecular flexibility index (Phi) is 3.67. The molecule has 0 aromatic heterocycles. The number of nitrogens with two attached hydrogens (primary N) is 1. The second-order valence-corrected chi connectivity index (χ2v) is 6.27. The molecule has 6 heteroatoms. The summed E-state index contributed by atoms with van der Waals surface area (Å²) in [6.45, 7) is 3.33. The van der Waals surface area contributed by atoms with Crippen molar-refractivity contribution in [1.29, 1.82) is 0 Å². The number of aryl methyl sites for hydroxylation is 2. The monoisotopic (exact) mass is 294 g/mol. The van der Waals surface area contributed by atoms with Gasteiger partial charge in [0.1, 0.15) is 5.82 Å². The van der Waals surface area contributed by atoms with Crippen molar-refractivity contribution in [3.8, 4) is 0 Å². The smallest absolute Gasteiger partial charge is 0.262 e. The van der Waals surface area contributed by atoms with E-state index in [2.05, 4.69) is 4.72 Å². The molecule has 2 aromatic carbocycles. The van der Waals surface area contributed by atoms with Crippen molar-refractivity contribution in [2.24, 2.45) is 0 Å². The molecular weight excluding hydrogens is 279 g/mol. The van der Waals surface area contributed by atoms with Crippen LogP contribution in [0.15, 0.2) is 41.3 Å². The van der Waals surface area contributed by atoms with Crippen LogP contribution in [-0.2, 0) is 10.0 Å². The SMILES string of the molecule is Cc1ccc(S(=O)(=O)Nc2cc(N)ccc2C)cc1F. The summed E-state index contributed by atoms with van der Waals surface area (Å²) in [6.07, 6.45) is 0. The Morgan fingerprint density at radius 2 is 1.70 bits per heavy atom. The van der Waals surface area contributed by atoms with Crippen LogP contribution in [-0.4, -0.2) is 8.42 Å². The molecule has 0 unspecified atom stereocenters. The summed E-state index contributed by atoms with van der Waals surface area (Å²) in [4.78, 5) is -0.123. The van der Waals surface area contributed by atoms with Crippen LogP contribution in [0.5, 0.6) is 0 Å². The zero-order valence-electron chi connectivity index (χ0n) is 11.1. The highest BCUT2D eigenvalue weighted by Crippen LogP contribution is 2.23. The fourth-order valence-electron chi connectivity index (χ4n) is 1.69. The van der Waals surface area contributed by atoms with Crippen LogP contribution >= 0.6 is 0 Å². The summed E-state index contributed by atoms with van der Waals surface area (Å²) in [5.74, 6) is -0.558. The number of rotatable bonds is 3. The normalized spacial score (nSPS) is 11.3. The van der Waals surface area contributed by atoms with Gasteiger partial charge < -0.3 is 5.73 Å². The molecule has 2 aromatic rings. The van der Waals surface area contributed by atoms with Crippen LogP contribution in [0.2, 0.25) is 0 Å².